The molecule has 0 fully saturated rings. The third-order valence-electron chi connectivity index (χ3n) is 4.59. The molecule has 0 unspecified atom stereocenters. The summed E-state index contributed by atoms with van der Waals surface area (Å²) in [5.41, 5.74) is 6.08. The Labute approximate surface area is 140 Å². The molecule has 0 spiro atoms. The normalized spacial score (nSPS) is 12.9. The van der Waals surface area contributed by atoms with E-state index < -0.39 is 0 Å². The maximum absolute atomic E-state index is 12.4. The number of amides is 1. The molecule has 0 atom stereocenters. The fourth-order valence-electron chi connectivity index (χ4n) is 3.12. The number of aryl methyl sites for hydroxylation is 2. The van der Waals surface area contributed by atoms with Crippen LogP contribution in [-0.2, 0) is 17.6 Å². The first-order valence-corrected chi connectivity index (χ1v) is 8.13. The third kappa shape index (κ3) is 2.64. The highest BCUT2D eigenvalue weighted by molar-refractivity contribution is 5.95. The number of fused-ring (bicyclic) bond motifs is 2. The van der Waals surface area contributed by atoms with Crippen LogP contribution in [-0.4, -0.2) is 12.5 Å². The van der Waals surface area contributed by atoms with Gasteiger partial charge in [0.15, 0.2) is 0 Å². The van der Waals surface area contributed by atoms with Crippen molar-refractivity contribution in [2.24, 2.45) is 0 Å². The second-order valence-electron chi connectivity index (χ2n) is 6.34. The molecule has 2 aromatic carbocycles. The van der Waals surface area contributed by atoms with Crippen LogP contribution < -0.4 is 10.1 Å². The topological polar surface area (TPSA) is 51.5 Å². The van der Waals surface area contributed by atoms with Gasteiger partial charge in [0.05, 0.1) is 19.3 Å². The lowest BCUT2D eigenvalue weighted by atomic mass is 10.0. The van der Waals surface area contributed by atoms with E-state index in [9.17, 15) is 4.79 Å². The molecule has 1 aromatic heterocycles. The lowest BCUT2D eigenvalue weighted by Crippen LogP contribution is -2.14. The zero-order valence-electron chi connectivity index (χ0n) is 13.8. The zero-order valence-corrected chi connectivity index (χ0v) is 13.8. The maximum atomic E-state index is 12.4. The number of anilines is 1. The fraction of sp³-hybridized carbons (Fsp3) is 0.250. The molecule has 4 rings (SSSR count). The van der Waals surface area contributed by atoms with E-state index >= 15 is 0 Å². The number of nitrogens with one attached hydrogen (secondary N) is 1. The van der Waals surface area contributed by atoms with E-state index in [0.717, 1.165) is 40.0 Å². The second kappa shape index (κ2) is 5.71. The fourth-order valence-corrected chi connectivity index (χ4v) is 3.12. The average Bonchev–Trinajstić information content (AvgIpc) is 3.15. The molecule has 0 aliphatic carbocycles. The third-order valence-corrected chi connectivity index (χ3v) is 4.59. The number of hydrogen-bond acceptors (Lipinski definition) is 3. The molecule has 0 saturated heterocycles. The lowest BCUT2D eigenvalue weighted by Gasteiger charge is -2.07. The van der Waals surface area contributed by atoms with Gasteiger partial charge in [-0.05, 0) is 60.9 Å². The molecule has 1 N–H and O–H groups in total. The minimum absolute atomic E-state index is 0.0465. The van der Waals surface area contributed by atoms with Crippen molar-refractivity contribution >= 4 is 22.6 Å². The number of rotatable bonds is 3. The minimum atomic E-state index is -0.0465. The molecular weight excluding hydrogens is 302 g/mol. The average molecular weight is 321 g/mol. The largest absolute Gasteiger partial charge is 0.493 e. The van der Waals surface area contributed by atoms with Gasteiger partial charge in [-0.3, -0.25) is 4.79 Å². The number of carbonyl (C=O) groups is 1. The standard InChI is InChI=1S/C20H19NO3/c1-12-7-17-15(11-24-19(17)8-13(12)2)10-20(22)21-16-3-4-18-14(9-16)5-6-23-18/h3-4,7-9,11H,5-6,10H2,1-2H3,(H,21,22). The van der Waals surface area contributed by atoms with Crippen LogP contribution in [0.15, 0.2) is 41.0 Å². The smallest absolute Gasteiger partial charge is 0.228 e. The van der Waals surface area contributed by atoms with Crippen molar-refractivity contribution in [1.29, 1.82) is 0 Å². The molecular formula is C20H19NO3. The SMILES string of the molecule is Cc1cc2occ(CC(=O)Nc3ccc4c(c3)CCO4)c2cc1C. The second-order valence-corrected chi connectivity index (χ2v) is 6.34. The first-order valence-electron chi connectivity index (χ1n) is 8.13. The zero-order chi connectivity index (χ0) is 16.7. The number of ether oxygens (including phenoxy) is 1. The Morgan fingerprint density at radius 1 is 1.17 bits per heavy atom. The Morgan fingerprint density at radius 2 is 2.00 bits per heavy atom. The van der Waals surface area contributed by atoms with Gasteiger partial charge < -0.3 is 14.5 Å². The van der Waals surface area contributed by atoms with E-state index in [1.807, 2.05) is 24.3 Å². The monoisotopic (exact) mass is 321 g/mol. The predicted molar refractivity (Wildman–Crippen MR) is 93.7 cm³/mol. The lowest BCUT2D eigenvalue weighted by molar-refractivity contribution is -0.115. The van der Waals surface area contributed by atoms with E-state index in [0.29, 0.717) is 13.0 Å². The summed E-state index contributed by atoms with van der Waals surface area (Å²) in [6, 6.07) is 9.89. The summed E-state index contributed by atoms with van der Waals surface area (Å²) in [5.74, 6) is 0.870. The Balaban J connectivity index is 1.53. The highest BCUT2D eigenvalue weighted by Gasteiger charge is 2.15. The summed E-state index contributed by atoms with van der Waals surface area (Å²) in [7, 11) is 0. The van der Waals surface area contributed by atoms with Crippen molar-refractivity contribution in [3.63, 3.8) is 0 Å². The molecule has 4 nitrogen and oxygen atoms in total. The molecule has 0 saturated carbocycles. The minimum Gasteiger partial charge on any atom is -0.493 e. The molecule has 1 amide bonds. The summed E-state index contributed by atoms with van der Waals surface area (Å²) < 4.78 is 11.1. The Hall–Kier alpha value is -2.75. The van der Waals surface area contributed by atoms with Crippen molar-refractivity contribution in [1.82, 2.24) is 0 Å². The molecule has 1 aliphatic heterocycles. The molecule has 24 heavy (non-hydrogen) atoms. The van der Waals surface area contributed by atoms with E-state index in [2.05, 4.69) is 25.2 Å². The summed E-state index contributed by atoms with van der Waals surface area (Å²) in [6.07, 6.45) is 2.87. The van der Waals surface area contributed by atoms with Crippen molar-refractivity contribution in [3.8, 4) is 5.75 Å². The first-order chi connectivity index (χ1) is 11.6. The molecule has 0 bridgehead atoms. The van der Waals surface area contributed by atoms with Gasteiger partial charge in [-0.25, -0.2) is 0 Å². The van der Waals surface area contributed by atoms with Gasteiger partial charge in [0.2, 0.25) is 5.91 Å². The molecule has 1 aliphatic rings. The Morgan fingerprint density at radius 3 is 2.88 bits per heavy atom. The van der Waals surface area contributed by atoms with Crippen LogP contribution >= 0.6 is 0 Å². The van der Waals surface area contributed by atoms with Crippen LogP contribution in [0, 0.1) is 13.8 Å². The highest BCUT2D eigenvalue weighted by atomic mass is 16.5. The number of carbonyl (C=O) groups excluding carboxylic acids is 1. The van der Waals surface area contributed by atoms with Gasteiger partial charge in [-0.1, -0.05) is 0 Å². The van der Waals surface area contributed by atoms with Gasteiger partial charge >= 0.3 is 0 Å². The highest BCUT2D eigenvalue weighted by Crippen LogP contribution is 2.28. The van der Waals surface area contributed by atoms with Crippen LogP contribution in [0.3, 0.4) is 0 Å². The van der Waals surface area contributed by atoms with E-state index in [-0.39, 0.29) is 5.91 Å². The van der Waals surface area contributed by atoms with Crippen LogP contribution in [0.2, 0.25) is 0 Å². The molecule has 4 heteroatoms. The van der Waals surface area contributed by atoms with Gasteiger partial charge in [0.1, 0.15) is 11.3 Å². The summed E-state index contributed by atoms with van der Waals surface area (Å²) in [5, 5.41) is 3.97. The first kappa shape index (κ1) is 14.8. The molecule has 0 radical (unpaired) electrons. The van der Waals surface area contributed by atoms with Crippen molar-refractivity contribution in [2.75, 3.05) is 11.9 Å². The Kier molecular flexibility index (Phi) is 3.53. The number of furan rings is 1. The van der Waals surface area contributed by atoms with E-state index in [4.69, 9.17) is 9.15 Å². The summed E-state index contributed by atoms with van der Waals surface area (Å²) >= 11 is 0. The molecule has 122 valence electrons. The van der Waals surface area contributed by atoms with Crippen molar-refractivity contribution < 1.29 is 13.9 Å². The molecule has 3 aromatic rings. The van der Waals surface area contributed by atoms with Gasteiger partial charge in [0.25, 0.3) is 0 Å². The van der Waals surface area contributed by atoms with E-state index in [1.54, 1.807) is 6.26 Å². The quantitative estimate of drug-likeness (QED) is 0.788. The summed E-state index contributed by atoms with van der Waals surface area (Å²) in [4.78, 5) is 12.4. The van der Waals surface area contributed by atoms with E-state index in [1.165, 1.54) is 11.1 Å². The molecule has 2 heterocycles. The van der Waals surface area contributed by atoms with Crippen LogP contribution in [0.5, 0.6) is 5.75 Å². The van der Waals surface area contributed by atoms with Crippen LogP contribution in [0.25, 0.3) is 11.0 Å². The van der Waals surface area contributed by atoms with Crippen molar-refractivity contribution in [3.05, 3.63) is 58.8 Å². The van der Waals surface area contributed by atoms with Gasteiger partial charge in [-0.2, -0.15) is 0 Å². The maximum Gasteiger partial charge on any atom is 0.228 e. The summed E-state index contributed by atoms with van der Waals surface area (Å²) in [6.45, 7) is 4.84. The predicted octanol–water partition coefficient (Wildman–Crippen LogP) is 4.17. The van der Waals surface area contributed by atoms with Gasteiger partial charge in [0, 0.05) is 23.1 Å². The number of hydrogen-bond donors (Lipinski definition) is 1. The van der Waals surface area contributed by atoms with Crippen molar-refractivity contribution in [2.45, 2.75) is 26.7 Å². The van der Waals surface area contributed by atoms with Crippen LogP contribution in [0.4, 0.5) is 5.69 Å². The van der Waals surface area contributed by atoms with Gasteiger partial charge in [-0.15, -0.1) is 0 Å². The number of benzene rings is 2. The van der Waals surface area contributed by atoms with Crippen LogP contribution in [0.1, 0.15) is 22.3 Å². The Bertz CT molecular complexity index is 939.